The third-order valence-corrected chi connectivity index (χ3v) is 6.23. The van der Waals surface area contributed by atoms with Gasteiger partial charge in [-0.1, -0.05) is 53.5 Å². The Morgan fingerprint density at radius 3 is 2.28 bits per heavy atom. The van der Waals surface area contributed by atoms with Gasteiger partial charge < -0.3 is 15.4 Å². The van der Waals surface area contributed by atoms with Crippen LogP contribution in [0, 0.1) is 0 Å². The molecule has 2 N–H and O–H groups in total. The number of ether oxygens (including phenoxy) is 1. The number of nitrogens with one attached hydrogen (secondary N) is 2. The highest BCUT2D eigenvalue weighted by Gasteiger charge is 2.37. The van der Waals surface area contributed by atoms with E-state index in [0.29, 0.717) is 28.4 Å². The fourth-order valence-electron chi connectivity index (χ4n) is 3.61. The average Bonchev–Trinajstić information content (AvgIpc) is 3.08. The Labute approximate surface area is 218 Å². The Kier molecular flexibility index (Phi) is 7.93. The lowest BCUT2D eigenvalue weighted by atomic mass is 10.1. The van der Waals surface area contributed by atoms with Crippen molar-refractivity contribution in [3.8, 4) is 5.75 Å². The molecule has 0 saturated carbocycles. The molecule has 7 nitrogen and oxygen atoms in total. The number of anilines is 1. The van der Waals surface area contributed by atoms with Crippen LogP contribution in [0.25, 0.3) is 0 Å². The van der Waals surface area contributed by atoms with Crippen LogP contribution < -0.4 is 15.4 Å². The number of benzene rings is 3. The zero-order valence-corrected chi connectivity index (χ0v) is 20.9. The minimum atomic E-state index is -0.578. The van der Waals surface area contributed by atoms with E-state index in [1.165, 1.54) is 0 Å². The third-order valence-electron chi connectivity index (χ3n) is 5.51. The molecule has 1 aliphatic heterocycles. The van der Waals surface area contributed by atoms with Gasteiger partial charge in [0.25, 0.3) is 17.7 Å². The first-order chi connectivity index (χ1) is 17.4. The van der Waals surface area contributed by atoms with Gasteiger partial charge in [0, 0.05) is 22.8 Å². The van der Waals surface area contributed by atoms with E-state index in [2.05, 4.69) is 10.6 Å². The smallest absolute Gasteiger partial charge is 0.278 e. The zero-order chi connectivity index (χ0) is 25.7. The van der Waals surface area contributed by atoms with Gasteiger partial charge in [0.15, 0.2) is 0 Å². The number of imide groups is 1. The van der Waals surface area contributed by atoms with E-state index in [1.807, 2.05) is 6.92 Å². The number of amides is 3. The summed E-state index contributed by atoms with van der Waals surface area (Å²) < 4.78 is 5.40. The number of halogens is 2. The van der Waals surface area contributed by atoms with Crippen molar-refractivity contribution in [3.63, 3.8) is 0 Å². The molecule has 36 heavy (non-hydrogen) atoms. The van der Waals surface area contributed by atoms with Crippen LogP contribution in [0.3, 0.4) is 0 Å². The van der Waals surface area contributed by atoms with Gasteiger partial charge in [-0.3, -0.25) is 19.3 Å². The van der Waals surface area contributed by atoms with E-state index < -0.39 is 11.8 Å². The molecule has 184 valence electrons. The van der Waals surface area contributed by atoms with Gasteiger partial charge in [-0.25, -0.2) is 0 Å². The van der Waals surface area contributed by atoms with Crippen molar-refractivity contribution in [2.45, 2.75) is 20.0 Å². The largest absolute Gasteiger partial charge is 0.494 e. The normalized spacial score (nSPS) is 13.2. The topological polar surface area (TPSA) is 87.7 Å². The Balaban J connectivity index is 1.35. The Morgan fingerprint density at radius 1 is 0.917 bits per heavy atom. The second-order valence-electron chi connectivity index (χ2n) is 7.94. The quantitative estimate of drug-likeness (QED) is 0.381. The van der Waals surface area contributed by atoms with E-state index in [1.54, 1.807) is 72.8 Å². The van der Waals surface area contributed by atoms with Crippen molar-refractivity contribution in [2.24, 2.45) is 0 Å². The zero-order valence-electron chi connectivity index (χ0n) is 19.4. The molecule has 1 heterocycles. The molecule has 4 rings (SSSR count). The van der Waals surface area contributed by atoms with Crippen LogP contribution in [0.5, 0.6) is 5.75 Å². The van der Waals surface area contributed by atoms with Crippen molar-refractivity contribution >= 4 is 46.6 Å². The first-order valence-electron chi connectivity index (χ1n) is 11.2. The maximum Gasteiger partial charge on any atom is 0.278 e. The summed E-state index contributed by atoms with van der Waals surface area (Å²) >= 11 is 12.3. The summed E-state index contributed by atoms with van der Waals surface area (Å²) in [5.74, 6) is -0.616. The van der Waals surface area contributed by atoms with E-state index >= 15 is 0 Å². The predicted molar refractivity (Wildman–Crippen MR) is 139 cm³/mol. The van der Waals surface area contributed by atoms with Crippen LogP contribution in [0.1, 0.15) is 28.4 Å². The molecule has 0 bridgehead atoms. The van der Waals surface area contributed by atoms with Crippen LogP contribution in [0.4, 0.5) is 5.69 Å². The fourth-order valence-corrected chi connectivity index (χ4v) is 4.05. The molecule has 0 radical (unpaired) electrons. The Morgan fingerprint density at radius 2 is 1.61 bits per heavy atom. The maximum absolute atomic E-state index is 12.8. The molecular weight excluding hydrogens is 501 g/mol. The Hall–Kier alpha value is -3.81. The van der Waals surface area contributed by atoms with Gasteiger partial charge in [0.2, 0.25) is 0 Å². The summed E-state index contributed by atoms with van der Waals surface area (Å²) in [6.07, 6.45) is 0. The summed E-state index contributed by atoms with van der Waals surface area (Å²) in [4.78, 5) is 39.0. The average molecular weight is 524 g/mol. The second kappa shape index (κ2) is 11.3. The lowest BCUT2D eigenvalue weighted by molar-refractivity contribution is -0.138. The minimum Gasteiger partial charge on any atom is -0.494 e. The predicted octanol–water partition coefficient (Wildman–Crippen LogP) is 5.10. The highest BCUT2D eigenvalue weighted by atomic mass is 35.5. The van der Waals surface area contributed by atoms with Crippen LogP contribution in [-0.4, -0.2) is 29.2 Å². The molecular formula is C27H23Cl2N3O4. The lowest BCUT2D eigenvalue weighted by Crippen LogP contribution is -2.33. The molecule has 0 unspecified atom stereocenters. The van der Waals surface area contributed by atoms with Crippen molar-refractivity contribution in [1.29, 1.82) is 0 Å². The van der Waals surface area contributed by atoms with Gasteiger partial charge in [-0.2, -0.15) is 0 Å². The van der Waals surface area contributed by atoms with Crippen molar-refractivity contribution in [2.75, 3.05) is 11.9 Å². The number of carbonyl (C=O) groups is 3. The number of hydrogen-bond donors (Lipinski definition) is 2. The first-order valence-corrected chi connectivity index (χ1v) is 12.0. The van der Waals surface area contributed by atoms with Crippen LogP contribution in [0.15, 0.2) is 83.5 Å². The van der Waals surface area contributed by atoms with Gasteiger partial charge in [0.05, 0.1) is 13.2 Å². The minimum absolute atomic E-state index is 0.0247. The molecule has 1 aliphatic rings. The first kappa shape index (κ1) is 25.3. The van der Waals surface area contributed by atoms with Gasteiger partial charge >= 0.3 is 0 Å². The lowest BCUT2D eigenvalue weighted by Gasteiger charge is -2.16. The van der Waals surface area contributed by atoms with E-state index in [0.717, 1.165) is 16.2 Å². The molecule has 9 heteroatoms. The Bertz CT molecular complexity index is 1320. The number of carbonyl (C=O) groups excluding carboxylic acids is 3. The standard InChI is InChI=1S/C27H23Cl2N3O4/c1-2-36-21-13-11-20(12-14-21)31-25(33)18-9-7-17(8-10-18)15-30-24-23(29)26(34)32(27(24)35)16-19-5-3-4-6-22(19)28/h3-14,30H,2,15-16H2,1H3,(H,31,33). The summed E-state index contributed by atoms with van der Waals surface area (Å²) in [7, 11) is 0. The third kappa shape index (κ3) is 5.70. The van der Waals surface area contributed by atoms with Crippen molar-refractivity contribution < 1.29 is 19.1 Å². The summed E-state index contributed by atoms with van der Waals surface area (Å²) in [5.41, 5.74) is 2.61. The molecule has 0 aliphatic carbocycles. The SMILES string of the molecule is CCOc1ccc(NC(=O)c2ccc(CNC3=C(Cl)C(=O)N(Cc4ccccc4Cl)C3=O)cc2)cc1. The van der Waals surface area contributed by atoms with E-state index in [4.69, 9.17) is 27.9 Å². The molecule has 3 aromatic rings. The van der Waals surface area contributed by atoms with E-state index in [9.17, 15) is 14.4 Å². The fraction of sp³-hybridized carbons (Fsp3) is 0.148. The van der Waals surface area contributed by atoms with Crippen LogP contribution >= 0.6 is 23.2 Å². The van der Waals surface area contributed by atoms with Crippen LogP contribution in [0.2, 0.25) is 5.02 Å². The van der Waals surface area contributed by atoms with Crippen molar-refractivity contribution in [1.82, 2.24) is 10.2 Å². The summed E-state index contributed by atoms with van der Waals surface area (Å²) in [6.45, 7) is 2.74. The molecule has 3 amide bonds. The summed E-state index contributed by atoms with van der Waals surface area (Å²) in [6, 6.07) is 21.0. The number of hydrogen-bond acceptors (Lipinski definition) is 5. The van der Waals surface area contributed by atoms with Crippen molar-refractivity contribution in [3.05, 3.63) is 105 Å². The number of nitrogens with zero attached hydrogens (tertiary/aromatic N) is 1. The second-order valence-corrected chi connectivity index (χ2v) is 8.72. The molecule has 0 saturated heterocycles. The monoisotopic (exact) mass is 523 g/mol. The van der Waals surface area contributed by atoms with Gasteiger partial charge in [-0.05, 0) is 60.5 Å². The van der Waals surface area contributed by atoms with Gasteiger partial charge in [-0.15, -0.1) is 0 Å². The molecule has 0 spiro atoms. The number of rotatable bonds is 9. The highest BCUT2D eigenvalue weighted by molar-refractivity contribution is 6.47. The molecule has 0 aromatic heterocycles. The molecule has 3 aromatic carbocycles. The van der Waals surface area contributed by atoms with E-state index in [-0.39, 0.29) is 29.7 Å². The van der Waals surface area contributed by atoms with Gasteiger partial charge in [0.1, 0.15) is 16.5 Å². The molecule has 0 fully saturated rings. The summed E-state index contributed by atoms with van der Waals surface area (Å²) in [5, 5.41) is 6.08. The highest BCUT2D eigenvalue weighted by Crippen LogP contribution is 2.26. The van der Waals surface area contributed by atoms with Crippen LogP contribution in [-0.2, 0) is 22.7 Å². The maximum atomic E-state index is 12.8. The molecule has 0 atom stereocenters.